The molecule has 1 aliphatic heterocycles. The largest absolute Gasteiger partial charge is 0.390 e. The van der Waals surface area contributed by atoms with Gasteiger partial charge in [0.15, 0.2) is 0 Å². The van der Waals surface area contributed by atoms with E-state index in [1.807, 2.05) is 13.8 Å². The van der Waals surface area contributed by atoms with Crippen LogP contribution in [-0.4, -0.2) is 53.2 Å². The van der Waals surface area contributed by atoms with Crippen LogP contribution in [0.15, 0.2) is 30.3 Å². The molecule has 0 bridgehead atoms. The van der Waals surface area contributed by atoms with Crippen molar-refractivity contribution < 1.29 is 5.11 Å². The van der Waals surface area contributed by atoms with Gasteiger partial charge < -0.3 is 10.0 Å². The zero-order valence-electron chi connectivity index (χ0n) is 12.2. The van der Waals surface area contributed by atoms with Gasteiger partial charge in [-0.25, -0.2) is 0 Å². The molecule has 0 radical (unpaired) electrons. The van der Waals surface area contributed by atoms with Crippen molar-refractivity contribution in [2.24, 2.45) is 0 Å². The number of aliphatic hydroxyl groups is 1. The second kappa shape index (κ2) is 6.51. The molecule has 1 aliphatic rings. The summed E-state index contributed by atoms with van der Waals surface area (Å²) in [5.74, 6) is 0. The zero-order valence-corrected chi connectivity index (χ0v) is 12.2. The fourth-order valence-corrected chi connectivity index (χ4v) is 2.44. The lowest BCUT2D eigenvalue weighted by atomic mass is 10.1. The summed E-state index contributed by atoms with van der Waals surface area (Å²) in [5.41, 5.74) is 0.855. The van der Waals surface area contributed by atoms with E-state index in [-0.39, 0.29) is 0 Å². The minimum absolute atomic E-state index is 0.541. The minimum Gasteiger partial charge on any atom is -0.390 e. The van der Waals surface area contributed by atoms with Crippen LogP contribution in [-0.2, 0) is 6.54 Å². The summed E-state index contributed by atoms with van der Waals surface area (Å²) >= 11 is 0. The molecule has 1 N–H and O–H groups in total. The SMILES string of the molecule is CC(C)(O)CCN1CCN(Cc2ccccc2)CC1. The highest BCUT2D eigenvalue weighted by atomic mass is 16.3. The fourth-order valence-electron chi connectivity index (χ4n) is 2.44. The van der Waals surface area contributed by atoms with Crippen LogP contribution in [0.2, 0.25) is 0 Å². The Morgan fingerprint density at radius 1 is 1.00 bits per heavy atom. The number of hydrogen-bond donors (Lipinski definition) is 1. The Hall–Kier alpha value is -0.900. The van der Waals surface area contributed by atoms with E-state index >= 15 is 0 Å². The summed E-state index contributed by atoms with van der Waals surface area (Å²) in [6, 6.07) is 10.7. The second-order valence-electron chi connectivity index (χ2n) is 6.17. The Kier molecular flexibility index (Phi) is 4.97. The average molecular weight is 262 g/mol. The maximum atomic E-state index is 9.76. The maximum Gasteiger partial charge on any atom is 0.0603 e. The summed E-state index contributed by atoms with van der Waals surface area (Å²) in [6.07, 6.45) is 0.853. The summed E-state index contributed by atoms with van der Waals surface area (Å²) in [4.78, 5) is 4.97. The second-order valence-corrected chi connectivity index (χ2v) is 6.17. The molecule has 19 heavy (non-hydrogen) atoms. The highest BCUT2D eigenvalue weighted by Crippen LogP contribution is 2.12. The van der Waals surface area contributed by atoms with E-state index in [1.165, 1.54) is 5.56 Å². The molecular weight excluding hydrogens is 236 g/mol. The first-order valence-electron chi connectivity index (χ1n) is 7.24. The van der Waals surface area contributed by atoms with Gasteiger partial charge >= 0.3 is 0 Å². The van der Waals surface area contributed by atoms with Crippen LogP contribution in [0.4, 0.5) is 0 Å². The third kappa shape index (κ3) is 5.31. The van der Waals surface area contributed by atoms with Gasteiger partial charge in [0, 0.05) is 39.3 Å². The van der Waals surface area contributed by atoms with Crippen molar-refractivity contribution >= 4 is 0 Å². The van der Waals surface area contributed by atoms with Gasteiger partial charge in [-0.2, -0.15) is 0 Å². The van der Waals surface area contributed by atoms with E-state index in [0.717, 1.165) is 45.7 Å². The molecule has 0 aliphatic carbocycles. The predicted molar refractivity (Wildman–Crippen MR) is 79.1 cm³/mol. The monoisotopic (exact) mass is 262 g/mol. The first kappa shape index (κ1) is 14.5. The molecule has 0 atom stereocenters. The summed E-state index contributed by atoms with van der Waals surface area (Å²) in [5, 5.41) is 9.76. The summed E-state index contributed by atoms with van der Waals surface area (Å²) < 4.78 is 0. The number of benzene rings is 1. The molecule has 1 aromatic rings. The number of rotatable bonds is 5. The smallest absolute Gasteiger partial charge is 0.0603 e. The van der Waals surface area contributed by atoms with Gasteiger partial charge in [0.25, 0.3) is 0 Å². The molecule has 1 fully saturated rings. The Balaban J connectivity index is 1.71. The molecule has 106 valence electrons. The lowest BCUT2D eigenvalue weighted by Gasteiger charge is -2.35. The van der Waals surface area contributed by atoms with Crippen LogP contribution in [0.25, 0.3) is 0 Å². The van der Waals surface area contributed by atoms with Gasteiger partial charge in [0.2, 0.25) is 0 Å². The summed E-state index contributed by atoms with van der Waals surface area (Å²) in [7, 11) is 0. The van der Waals surface area contributed by atoms with Gasteiger partial charge in [0.05, 0.1) is 5.60 Å². The molecule has 3 nitrogen and oxygen atoms in total. The van der Waals surface area contributed by atoms with Crippen molar-refractivity contribution in [3.8, 4) is 0 Å². The summed E-state index contributed by atoms with van der Waals surface area (Å²) in [6.45, 7) is 10.3. The van der Waals surface area contributed by atoms with E-state index < -0.39 is 5.60 Å². The Morgan fingerprint density at radius 3 is 2.16 bits per heavy atom. The maximum absolute atomic E-state index is 9.76. The van der Waals surface area contributed by atoms with E-state index in [4.69, 9.17) is 0 Å². The average Bonchev–Trinajstić information content (AvgIpc) is 2.38. The molecule has 0 amide bonds. The van der Waals surface area contributed by atoms with Crippen LogP contribution in [0.3, 0.4) is 0 Å². The van der Waals surface area contributed by atoms with Gasteiger partial charge in [-0.3, -0.25) is 4.90 Å². The van der Waals surface area contributed by atoms with Gasteiger partial charge in [0.1, 0.15) is 0 Å². The van der Waals surface area contributed by atoms with Crippen LogP contribution in [0.1, 0.15) is 25.8 Å². The number of nitrogens with zero attached hydrogens (tertiary/aromatic N) is 2. The topological polar surface area (TPSA) is 26.7 Å². The first-order valence-corrected chi connectivity index (χ1v) is 7.24. The third-order valence-electron chi connectivity index (χ3n) is 3.75. The van der Waals surface area contributed by atoms with Gasteiger partial charge in [-0.05, 0) is 25.8 Å². The van der Waals surface area contributed by atoms with E-state index in [1.54, 1.807) is 0 Å². The molecule has 0 spiro atoms. The van der Waals surface area contributed by atoms with Crippen LogP contribution < -0.4 is 0 Å². The number of piperazine rings is 1. The van der Waals surface area contributed by atoms with Crippen molar-refractivity contribution in [2.75, 3.05) is 32.7 Å². The lowest BCUT2D eigenvalue weighted by Crippen LogP contribution is -2.47. The molecule has 0 aromatic heterocycles. The zero-order chi connectivity index (χ0) is 13.7. The molecule has 1 saturated heterocycles. The standard InChI is InChI=1S/C16H26N2O/c1-16(2,19)8-9-17-10-12-18(13-11-17)14-15-6-4-3-5-7-15/h3-7,19H,8-14H2,1-2H3. The number of hydrogen-bond acceptors (Lipinski definition) is 3. The Bertz CT molecular complexity index is 364. The normalized spacial score (nSPS) is 18.7. The molecule has 0 unspecified atom stereocenters. The lowest BCUT2D eigenvalue weighted by molar-refractivity contribution is 0.0467. The minimum atomic E-state index is -0.541. The van der Waals surface area contributed by atoms with Crippen molar-refractivity contribution in [3.05, 3.63) is 35.9 Å². The van der Waals surface area contributed by atoms with Gasteiger partial charge in [-0.1, -0.05) is 30.3 Å². The first-order chi connectivity index (χ1) is 9.03. The molecule has 0 saturated carbocycles. The predicted octanol–water partition coefficient (Wildman–Crippen LogP) is 1.97. The molecule has 1 aromatic carbocycles. The van der Waals surface area contributed by atoms with Crippen LogP contribution in [0.5, 0.6) is 0 Å². The van der Waals surface area contributed by atoms with Crippen molar-refractivity contribution in [3.63, 3.8) is 0 Å². The van der Waals surface area contributed by atoms with E-state index in [0.29, 0.717) is 0 Å². The van der Waals surface area contributed by atoms with Crippen LogP contribution >= 0.6 is 0 Å². The van der Waals surface area contributed by atoms with Crippen molar-refractivity contribution in [2.45, 2.75) is 32.4 Å². The Morgan fingerprint density at radius 2 is 1.58 bits per heavy atom. The molecule has 3 heteroatoms. The fraction of sp³-hybridized carbons (Fsp3) is 0.625. The van der Waals surface area contributed by atoms with Gasteiger partial charge in [-0.15, -0.1) is 0 Å². The molecule has 2 rings (SSSR count). The molecule has 1 heterocycles. The quantitative estimate of drug-likeness (QED) is 0.879. The molecular formula is C16H26N2O. The highest BCUT2D eigenvalue weighted by molar-refractivity contribution is 5.14. The Labute approximate surface area is 116 Å². The van der Waals surface area contributed by atoms with E-state index in [9.17, 15) is 5.11 Å². The third-order valence-corrected chi connectivity index (χ3v) is 3.75. The van der Waals surface area contributed by atoms with Crippen molar-refractivity contribution in [1.82, 2.24) is 9.80 Å². The van der Waals surface area contributed by atoms with Crippen molar-refractivity contribution in [1.29, 1.82) is 0 Å². The van der Waals surface area contributed by atoms with E-state index in [2.05, 4.69) is 40.1 Å². The highest BCUT2D eigenvalue weighted by Gasteiger charge is 2.19. The van der Waals surface area contributed by atoms with Crippen LogP contribution in [0, 0.1) is 0 Å².